The van der Waals surface area contributed by atoms with Crippen molar-refractivity contribution in [3.05, 3.63) is 66.9 Å². The fraction of sp³-hybridized carbons (Fsp3) is 0.167. The van der Waals surface area contributed by atoms with Crippen LogP contribution < -0.4 is 15.4 Å². The van der Waals surface area contributed by atoms with E-state index in [-0.39, 0.29) is 11.9 Å². The van der Waals surface area contributed by atoms with E-state index in [1.807, 2.05) is 54.6 Å². The van der Waals surface area contributed by atoms with Gasteiger partial charge in [-0.25, -0.2) is 0 Å². The van der Waals surface area contributed by atoms with E-state index < -0.39 is 0 Å². The number of carbonyl (C=O) groups excluding carboxylic acids is 1. The van der Waals surface area contributed by atoms with Gasteiger partial charge in [0.25, 0.3) is 0 Å². The molecule has 0 spiro atoms. The number of benzene rings is 2. The number of rotatable bonds is 4. The first-order chi connectivity index (χ1) is 10.7. The zero-order chi connectivity index (χ0) is 15.4. The summed E-state index contributed by atoms with van der Waals surface area (Å²) in [5, 5.41) is 6.15. The molecule has 112 valence electrons. The summed E-state index contributed by atoms with van der Waals surface area (Å²) in [6, 6.07) is 17.5. The molecule has 0 aliphatic carbocycles. The van der Waals surface area contributed by atoms with E-state index in [0.717, 1.165) is 29.3 Å². The first-order valence-electron chi connectivity index (χ1n) is 7.29. The van der Waals surface area contributed by atoms with Gasteiger partial charge in [-0.15, -0.1) is 0 Å². The number of ether oxygens (including phenoxy) is 1. The Kier molecular flexibility index (Phi) is 4.10. The first-order valence-corrected chi connectivity index (χ1v) is 7.29. The van der Waals surface area contributed by atoms with Gasteiger partial charge in [0.05, 0.1) is 6.04 Å². The molecule has 2 aromatic carbocycles. The van der Waals surface area contributed by atoms with Crippen molar-refractivity contribution in [2.75, 3.05) is 5.32 Å². The van der Waals surface area contributed by atoms with Gasteiger partial charge in [0.2, 0.25) is 5.91 Å². The zero-order valence-corrected chi connectivity index (χ0v) is 12.2. The lowest BCUT2D eigenvalue weighted by Gasteiger charge is -2.26. The van der Waals surface area contributed by atoms with Crippen LogP contribution >= 0.6 is 0 Å². The molecule has 1 saturated heterocycles. The molecule has 1 aliphatic rings. The molecule has 2 N–H and O–H groups in total. The van der Waals surface area contributed by atoms with Crippen LogP contribution in [0.5, 0.6) is 11.5 Å². The molecule has 2 aromatic rings. The second-order valence-electron chi connectivity index (χ2n) is 5.25. The fourth-order valence-electron chi connectivity index (χ4n) is 2.38. The van der Waals surface area contributed by atoms with Crippen molar-refractivity contribution in [2.45, 2.75) is 18.9 Å². The summed E-state index contributed by atoms with van der Waals surface area (Å²) in [5.74, 6) is 1.63. The summed E-state index contributed by atoms with van der Waals surface area (Å²) >= 11 is 0. The van der Waals surface area contributed by atoms with Crippen LogP contribution in [0.2, 0.25) is 0 Å². The summed E-state index contributed by atoms with van der Waals surface area (Å²) < 4.78 is 5.76. The van der Waals surface area contributed by atoms with Crippen molar-refractivity contribution in [3.8, 4) is 11.5 Å². The number of piperidine rings is 1. The van der Waals surface area contributed by atoms with Crippen molar-refractivity contribution in [3.63, 3.8) is 0 Å². The molecule has 3 rings (SSSR count). The molecule has 4 heteroatoms. The zero-order valence-electron chi connectivity index (χ0n) is 12.2. The number of amides is 1. The fourth-order valence-corrected chi connectivity index (χ4v) is 2.38. The summed E-state index contributed by atoms with van der Waals surface area (Å²) in [6.45, 7) is 3.90. The van der Waals surface area contributed by atoms with Crippen molar-refractivity contribution in [1.29, 1.82) is 0 Å². The van der Waals surface area contributed by atoms with Crippen LogP contribution in [0.4, 0.5) is 5.69 Å². The topological polar surface area (TPSA) is 50.4 Å². The van der Waals surface area contributed by atoms with Crippen LogP contribution in [0, 0.1) is 0 Å². The largest absolute Gasteiger partial charge is 0.457 e. The third kappa shape index (κ3) is 3.47. The van der Waals surface area contributed by atoms with Crippen molar-refractivity contribution < 1.29 is 9.53 Å². The Hall–Kier alpha value is -2.75. The Morgan fingerprint density at radius 2 is 1.73 bits per heavy atom. The number of anilines is 1. The highest BCUT2D eigenvalue weighted by atomic mass is 16.5. The molecule has 4 nitrogen and oxygen atoms in total. The summed E-state index contributed by atoms with van der Waals surface area (Å²) in [7, 11) is 0. The molecule has 0 bridgehead atoms. The van der Waals surface area contributed by atoms with Gasteiger partial charge in [-0.3, -0.25) is 4.79 Å². The van der Waals surface area contributed by atoms with Gasteiger partial charge in [-0.1, -0.05) is 24.8 Å². The van der Waals surface area contributed by atoms with E-state index in [2.05, 4.69) is 17.2 Å². The minimum absolute atomic E-state index is 0.0367. The van der Waals surface area contributed by atoms with E-state index in [1.54, 1.807) is 0 Å². The average molecular weight is 294 g/mol. The van der Waals surface area contributed by atoms with Crippen LogP contribution in [0.15, 0.2) is 66.9 Å². The summed E-state index contributed by atoms with van der Waals surface area (Å²) in [4.78, 5) is 11.3. The predicted molar refractivity (Wildman–Crippen MR) is 86.9 cm³/mol. The highest BCUT2D eigenvalue weighted by Crippen LogP contribution is 2.24. The third-order valence-corrected chi connectivity index (χ3v) is 3.55. The molecule has 0 saturated carbocycles. The van der Waals surface area contributed by atoms with Gasteiger partial charge in [0, 0.05) is 17.8 Å². The second-order valence-corrected chi connectivity index (χ2v) is 5.25. The standard InChI is InChI=1S/C18H18N2O2/c1-13-17(11-12-18(21)19-13)20-14-7-9-16(10-8-14)22-15-5-3-2-4-6-15/h2-10,17,20H,1,11-12H2,(H,19,21). The number of para-hydroxylation sites is 1. The maximum Gasteiger partial charge on any atom is 0.224 e. The number of hydrogen-bond acceptors (Lipinski definition) is 3. The van der Waals surface area contributed by atoms with E-state index >= 15 is 0 Å². The smallest absolute Gasteiger partial charge is 0.224 e. The third-order valence-electron chi connectivity index (χ3n) is 3.55. The Bertz CT molecular complexity index is 665. The Balaban J connectivity index is 1.62. The normalized spacial score (nSPS) is 17.7. The molecular formula is C18H18N2O2. The van der Waals surface area contributed by atoms with Crippen molar-refractivity contribution in [2.24, 2.45) is 0 Å². The second kappa shape index (κ2) is 6.35. The Labute approximate surface area is 129 Å². The highest BCUT2D eigenvalue weighted by molar-refractivity contribution is 5.79. The van der Waals surface area contributed by atoms with Gasteiger partial charge in [-0.05, 0) is 42.8 Å². The average Bonchev–Trinajstić information content (AvgIpc) is 2.53. The quantitative estimate of drug-likeness (QED) is 0.904. The Morgan fingerprint density at radius 3 is 2.41 bits per heavy atom. The van der Waals surface area contributed by atoms with Crippen LogP contribution in [-0.2, 0) is 4.79 Å². The van der Waals surface area contributed by atoms with Crippen LogP contribution in [-0.4, -0.2) is 11.9 Å². The maximum atomic E-state index is 11.3. The van der Waals surface area contributed by atoms with Gasteiger partial charge >= 0.3 is 0 Å². The minimum atomic E-state index is 0.0367. The number of hydrogen-bond donors (Lipinski definition) is 2. The molecule has 1 atom stereocenters. The van der Waals surface area contributed by atoms with Gasteiger partial charge < -0.3 is 15.4 Å². The first kappa shape index (κ1) is 14.2. The summed E-state index contributed by atoms with van der Waals surface area (Å²) in [5.41, 5.74) is 1.70. The van der Waals surface area contributed by atoms with Gasteiger partial charge in [-0.2, -0.15) is 0 Å². The maximum absolute atomic E-state index is 11.3. The van der Waals surface area contributed by atoms with E-state index in [1.165, 1.54) is 0 Å². The van der Waals surface area contributed by atoms with Crippen LogP contribution in [0.1, 0.15) is 12.8 Å². The molecule has 22 heavy (non-hydrogen) atoms. The lowest BCUT2D eigenvalue weighted by Crippen LogP contribution is -2.39. The minimum Gasteiger partial charge on any atom is -0.457 e. The van der Waals surface area contributed by atoms with Crippen molar-refractivity contribution in [1.82, 2.24) is 5.32 Å². The SMILES string of the molecule is C=C1NC(=O)CCC1Nc1ccc(Oc2ccccc2)cc1. The van der Waals surface area contributed by atoms with Gasteiger partial charge in [0.15, 0.2) is 0 Å². The highest BCUT2D eigenvalue weighted by Gasteiger charge is 2.21. The molecular weight excluding hydrogens is 276 g/mol. The summed E-state index contributed by atoms with van der Waals surface area (Å²) in [6.07, 6.45) is 1.28. The molecule has 1 unspecified atom stereocenters. The van der Waals surface area contributed by atoms with E-state index in [0.29, 0.717) is 6.42 Å². The van der Waals surface area contributed by atoms with Crippen LogP contribution in [0.25, 0.3) is 0 Å². The lowest BCUT2D eigenvalue weighted by atomic mass is 10.0. The van der Waals surface area contributed by atoms with Crippen LogP contribution in [0.3, 0.4) is 0 Å². The van der Waals surface area contributed by atoms with Gasteiger partial charge in [0.1, 0.15) is 11.5 Å². The van der Waals surface area contributed by atoms with E-state index in [4.69, 9.17) is 4.74 Å². The molecule has 1 aliphatic heterocycles. The Morgan fingerprint density at radius 1 is 1.05 bits per heavy atom. The molecule has 0 aromatic heterocycles. The predicted octanol–water partition coefficient (Wildman–Crippen LogP) is 3.68. The molecule has 0 radical (unpaired) electrons. The molecule has 1 heterocycles. The molecule has 1 fully saturated rings. The lowest BCUT2D eigenvalue weighted by molar-refractivity contribution is -0.121. The van der Waals surface area contributed by atoms with E-state index in [9.17, 15) is 4.79 Å². The molecule has 1 amide bonds. The van der Waals surface area contributed by atoms with Crippen molar-refractivity contribution >= 4 is 11.6 Å². The monoisotopic (exact) mass is 294 g/mol. The number of nitrogens with one attached hydrogen (secondary N) is 2. The number of carbonyl (C=O) groups is 1.